The Morgan fingerprint density at radius 1 is 1.11 bits per heavy atom. The molecule has 1 unspecified atom stereocenters. The molecule has 0 saturated heterocycles. The van der Waals surface area contributed by atoms with Crippen molar-refractivity contribution in [3.8, 4) is 0 Å². The number of ether oxygens (including phenoxy) is 1. The molecule has 6 nitrogen and oxygen atoms in total. The summed E-state index contributed by atoms with van der Waals surface area (Å²) < 4.78 is 5.87. The fourth-order valence-electron chi connectivity index (χ4n) is 2.30. The Morgan fingerprint density at radius 2 is 1.75 bits per heavy atom. The summed E-state index contributed by atoms with van der Waals surface area (Å²) in [6, 6.07) is 10.2. The number of guanidine groups is 1. The van der Waals surface area contributed by atoms with Crippen LogP contribution in [0, 0.1) is 5.41 Å². The topological polar surface area (TPSA) is 74.8 Å². The smallest absolute Gasteiger partial charge is 0.225 e. The molecule has 28 heavy (non-hydrogen) atoms. The molecule has 1 aromatic carbocycles. The summed E-state index contributed by atoms with van der Waals surface area (Å²) in [5.74, 6) is 0.814. The van der Waals surface area contributed by atoms with Crippen molar-refractivity contribution >= 4 is 35.8 Å². The van der Waals surface area contributed by atoms with Crippen molar-refractivity contribution < 1.29 is 9.53 Å². The molecular weight excluding hydrogens is 467 g/mol. The molecule has 0 bridgehead atoms. The van der Waals surface area contributed by atoms with Gasteiger partial charge < -0.3 is 20.7 Å². The quantitative estimate of drug-likeness (QED) is 0.198. The molecule has 0 saturated carbocycles. The van der Waals surface area contributed by atoms with E-state index >= 15 is 0 Å². The standard InChI is InChI=1S/C21H36N4O2.HI/c1-6-22-20(25-15-14-23-19(26)21(3,4)5)24-13-10-16-27-17(2)18-11-8-7-9-12-18;/h7-9,11-12,17H,6,10,13-16H2,1-5H3,(H,23,26)(H2,22,24,25);1H. The first-order chi connectivity index (χ1) is 12.8. The number of nitrogens with zero attached hydrogens (tertiary/aromatic N) is 1. The number of benzene rings is 1. The highest BCUT2D eigenvalue weighted by Gasteiger charge is 2.20. The molecule has 1 aromatic rings. The largest absolute Gasteiger partial charge is 0.374 e. The van der Waals surface area contributed by atoms with Crippen LogP contribution < -0.4 is 16.0 Å². The predicted molar refractivity (Wildman–Crippen MR) is 127 cm³/mol. The van der Waals surface area contributed by atoms with E-state index in [0.29, 0.717) is 26.2 Å². The van der Waals surface area contributed by atoms with Crippen LogP contribution in [0.4, 0.5) is 0 Å². The molecule has 160 valence electrons. The lowest BCUT2D eigenvalue weighted by molar-refractivity contribution is -0.128. The Hall–Kier alpha value is -1.35. The molecule has 0 aromatic heterocycles. The fraction of sp³-hybridized carbons (Fsp3) is 0.619. The van der Waals surface area contributed by atoms with Crippen LogP contribution in [0.3, 0.4) is 0 Å². The van der Waals surface area contributed by atoms with Gasteiger partial charge in [0, 0.05) is 38.2 Å². The molecule has 0 aliphatic carbocycles. The third kappa shape index (κ3) is 11.5. The summed E-state index contributed by atoms with van der Waals surface area (Å²) in [4.78, 5) is 16.4. The van der Waals surface area contributed by atoms with Gasteiger partial charge in [-0.3, -0.25) is 9.79 Å². The molecule has 0 aliphatic rings. The molecule has 1 rings (SSSR count). The number of rotatable bonds is 10. The summed E-state index contributed by atoms with van der Waals surface area (Å²) >= 11 is 0. The SMILES string of the molecule is CCNC(=NCCCOC(C)c1ccccc1)NCCNC(=O)C(C)(C)C.I. The maximum Gasteiger partial charge on any atom is 0.225 e. The van der Waals surface area contributed by atoms with Crippen LogP contribution in [-0.4, -0.2) is 44.7 Å². The Balaban J connectivity index is 0.00000729. The zero-order valence-electron chi connectivity index (χ0n) is 17.9. The molecule has 7 heteroatoms. The van der Waals surface area contributed by atoms with Crippen LogP contribution in [0.2, 0.25) is 0 Å². The highest BCUT2D eigenvalue weighted by molar-refractivity contribution is 14.0. The Labute approximate surface area is 187 Å². The summed E-state index contributed by atoms with van der Waals surface area (Å²) in [5.41, 5.74) is 0.823. The van der Waals surface area contributed by atoms with Gasteiger partial charge in [0.25, 0.3) is 0 Å². The van der Waals surface area contributed by atoms with Crippen LogP contribution in [0.25, 0.3) is 0 Å². The lowest BCUT2D eigenvalue weighted by Crippen LogP contribution is -2.43. The predicted octanol–water partition coefficient (Wildman–Crippen LogP) is 3.49. The van der Waals surface area contributed by atoms with Crippen LogP contribution in [0.1, 0.15) is 52.7 Å². The maximum atomic E-state index is 11.8. The summed E-state index contributed by atoms with van der Waals surface area (Å²) in [7, 11) is 0. The van der Waals surface area contributed by atoms with E-state index in [-0.39, 0.29) is 41.4 Å². The molecule has 3 N–H and O–H groups in total. The number of hydrogen-bond acceptors (Lipinski definition) is 3. The Bertz CT molecular complexity index is 574. The number of halogens is 1. The number of carbonyl (C=O) groups is 1. The lowest BCUT2D eigenvalue weighted by Gasteiger charge is -2.18. The van der Waals surface area contributed by atoms with Gasteiger partial charge in [-0.25, -0.2) is 0 Å². The van der Waals surface area contributed by atoms with Gasteiger partial charge >= 0.3 is 0 Å². The number of nitrogens with one attached hydrogen (secondary N) is 3. The summed E-state index contributed by atoms with van der Waals surface area (Å²) in [5, 5.41) is 9.37. The zero-order valence-corrected chi connectivity index (χ0v) is 20.2. The summed E-state index contributed by atoms with van der Waals surface area (Å²) in [6.07, 6.45) is 0.946. The molecular formula is C21H37IN4O2. The average Bonchev–Trinajstić information content (AvgIpc) is 2.64. The van der Waals surface area contributed by atoms with E-state index in [1.807, 2.05) is 45.9 Å². The second kappa shape index (κ2) is 14.6. The normalized spacial score (nSPS) is 12.7. The van der Waals surface area contributed by atoms with Crippen LogP contribution >= 0.6 is 24.0 Å². The van der Waals surface area contributed by atoms with Crippen molar-refractivity contribution in [2.45, 2.75) is 47.1 Å². The summed E-state index contributed by atoms with van der Waals surface area (Å²) in [6.45, 7) is 13.2. The minimum Gasteiger partial charge on any atom is -0.374 e. The first-order valence-electron chi connectivity index (χ1n) is 9.81. The third-order valence-corrected chi connectivity index (χ3v) is 3.94. The number of hydrogen-bond donors (Lipinski definition) is 3. The van der Waals surface area contributed by atoms with Crippen LogP contribution in [0.5, 0.6) is 0 Å². The van der Waals surface area contributed by atoms with Gasteiger partial charge in [0.05, 0.1) is 6.10 Å². The minimum atomic E-state index is -0.366. The Morgan fingerprint density at radius 3 is 2.36 bits per heavy atom. The van der Waals surface area contributed by atoms with Crippen molar-refractivity contribution in [3.63, 3.8) is 0 Å². The zero-order chi connectivity index (χ0) is 20.1. The maximum absolute atomic E-state index is 11.8. The van der Waals surface area contributed by atoms with E-state index < -0.39 is 0 Å². The van der Waals surface area contributed by atoms with Crippen molar-refractivity contribution in [1.82, 2.24) is 16.0 Å². The van der Waals surface area contributed by atoms with Gasteiger partial charge in [0.2, 0.25) is 5.91 Å². The van der Waals surface area contributed by atoms with Gasteiger partial charge in [0.15, 0.2) is 5.96 Å². The number of amides is 1. The van der Waals surface area contributed by atoms with E-state index in [1.165, 1.54) is 5.56 Å². The van der Waals surface area contributed by atoms with Gasteiger partial charge in [-0.2, -0.15) is 0 Å². The van der Waals surface area contributed by atoms with Gasteiger partial charge in [-0.15, -0.1) is 24.0 Å². The monoisotopic (exact) mass is 504 g/mol. The third-order valence-electron chi connectivity index (χ3n) is 3.94. The van der Waals surface area contributed by atoms with E-state index in [0.717, 1.165) is 18.9 Å². The highest BCUT2D eigenvalue weighted by Crippen LogP contribution is 2.15. The second-order valence-electron chi connectivity index (χ2n) is 7.47. The number of carbonyl (C=O) groups excluding carboxylic acids is 1. The van der Waals surface area contributed by atoms with Crippen LogP contribution in [0.15, 0.2) is 35.3 Å². The lowest BCUT2D eigenvalue weighted by atomic mass is 9.96. The van der Waals surface area contributed by atoms with E-state index in [4.69, 9.17) is 4.74 Å². The molecule has 1 amide bonds. The minimum absolute atomic E-state index is 0. The first kappa shape index (κ1) is 26.6. The highest BCUT2D eigenvalue weighted by atomic mass is 127. The fourth-order valence-corrected chi connectivity index (χ4v) is 2.30. The molecule has 1 atom stereocenters. The average molecular weight is 504 g/mol. The van der Waals surface area contributed by atoms with Gasteiger partial charge in [-0.1, -0.05) is 51.1 Å². The molecule has 0 radical (unpaired) electrons. The number of aliphatic imine (C=N–C) groups is 1. The van der Waals surface area contributed by atoms with E-state index in [2.05, 4.69) is 40.0 Å². The molecule has 0 heterocycles. The molecule has 0 spiro atoms. The first-order valence-corrected chi connectivity index (χ1v) is 9.81. The second-order valence-corrected chi connectivity index (χ2v) is 7.47. The van der Waals surface area contributed by atoms with Gasteiger partial charge in [-0.05, 0) is 25.8 Å². The molecule has 0 aliphatic heterocycles. The van der Waals surface area contributed by atoms with Crippen molar-refractivity contribution in [1.29, 1.82) is 0 Å². The molecule has 0 fully saturated rings. The van der Waals surface area contributed by atoms with Crippen LogP contribution in [-0.2, 0) is 9.53 Å². The van der Waals surface area contributed by atoms with E-state index in [1.54, 1.807) is 0 Å². The van der Waals surface area contributed by atoms with Crippen molar-refractivity contribution in [3.05, 3.63) is 35.9 Å². The van der Waals surface area contributed by atoms with Crippen molar-refractivity contribution in [2.24, 2.45) is 10.4 Å². The van der Waals surface area contributed by atoms with E-state index in [9.17, 15) is 4.79 Å². The Kier molecular flexibility index (Phi) is 13.9. The van der Waals surface area contributed by atoms with Gasteiger partial charge in [0.1, 0.15) is 0 Å². The van der Waals surface area contributed by atoms with Crippen molar-refractivity contribution in [2.75, 3.05) is 32.8 Å².